The Morgan fingerprint density at radius 3 is 2.85 bits per heavy atom. The molecule has 0 radical (unpaired) electrons. The van der Waals surface area contributed by atoms with Gasteiger partial charge in [-0.3, -0.25) is 9.59 Å². The second kappa shape index (κ2) is 9.27. The number of benzene rings is 1. The van der Waals surface area contributed by atoms with Gasteiger partial charge >= 0.3 is 5.97 Å². The highest BCUT2D eigenvalue weighted by atomic mass is 32.2. The predicted molar refractivity (Wildman–Crippen MR) is 90.4 cm³/mol. The fraction of sp³-hybridized carbons (Fsp3) is 0.375. The molecule has 0 bridgehead atoms. The number of thioether (sulfide) groups is 1. The number of anilines is 1. The Kier molecular flexibility index (Phi) is 7.07. The molecular weight excluding hydrogens is 368 g/mol. The molecule has 2 aromatic rings. The van der Waals surface area contributed by atoms with Gasteiger partial charge in [0, 0.05) is 12.5 Å². The summed E-state index contributed by atoms with van der Waals surface area (Å²) in [5.74, 6) is -1.62. The Labute approximate surface area is 152 Å². The van der Waals surface area contributed by atoms with Crippen LogP contribution >= 0.6 is 11.8 Å². The van der Waals surface area contributed by atoms with E-state index in [1.165, 1.54) is 18.7 Å². The van der Waals surface area contributed by atoms with Gasteiger partial charge in [0.1, 0.15) is 11.6 Å². The van der Waals surface area contributed by atoms with Crippen molar-refractivity contribution in [3.8, 4) is 0 Å². The molecule has 0 spiro atoms. The number of rotatable bonds is 8. The van der Waals surface area contributed by atoms with Crippen molar-refractivity contribution in [3.05, 3.63) is 41.5 Å². The fourth-order valence-corrected chi connectivity index (χ4v) is 2.30. The molecule has 26 heavy (non-hydrogen) atoms. The van der Waals surface area contributed by atoms with Crippen LogP contribution in [0.1, 0.15) is 25.1 Å². The zero-order chi connectivity index (χ0) is 19.1. The van der Waals surface area contributed by atoms with Crippen LogP contribution in [0.25, 0.3) is 0 Å². The number of carbonyl (C=O) groups excluding carboxylic acids is 2. The van der Waals surface area contributed by atoms with Crippen molar-refractivity contribution in [2.45, 2.75) is 31.6 Å². The van der Waals surface area contributed by atoms with Gasteiger partial charge in [-0.05, 0) is 25.3 Å². The van der Waals surface area contributed by atoms with E-state index in [9.17, 15) is 18.4 Å². The number of carbonyl (C=O) groups is 2. The standard InChI is InChI=1S/C16H17F2N3O4S/c1-9(16(23)19-12-4-3-10(17)7-11(12)18)24-15(22)6-5-14-20-13(8-26-2)21-25-14/h3-4,7,9H,5-6,8H2,1-2H3,(H,19,23)/t9-/m0/s1. The van der Waals surface area contributed by atoms with E-state index in [0.717, 1.165) is 12.1 Å². The summed E-state index contributed by atoms with van der Waals surface area (Å²) >= 11 is 1.54. The molecular formula is C16H17F2N3O4S. The summed E-state index contributed by atoms with van der Waals surface area (Å²) in [7, 11) is 0. The second-order valence-corrected chi connectivity index (χ2v) is 6.15. The van der Waals surface area contributed by atoms with Gasteiger partial charge in [-0.25, -0.2) is 8.78 Å². The number of amides is 1. The lowest BCUT2D eigenvalue weighted by Gasteiger charge is -2.13. The van der Waals surface area contributed by atoms with E-state index in [0.29, 0.717) is 23.5 Å². The smallest absolute Gasteiger partial charge is 0.307 e. The molecule has 0 aliphatic heterocycles. The Morgan fingerprint density at radius 1 is 1.38 bits per heavy atom. The van der Waals surface area contributed by atoms with Crippen molar-refractivity contribution in [1.29, 1.82) is 0 Å². The van der Waals surface area contributed by atoms with Gasteiger partial charge in [-0.2, -0.15) is 16.7 Å². The van der Waals surface area contributed by atoms with Gasteiger partial charge in [0.05, 0.1) is 17.9 Å². The Balaban J connectivity index is 1.80. The minimum atomic E-state index is -1.15. The Hall–Kier alpha value is -2.49. The van der Waals surface area contributed by atoms with Crippen LogP contribution in [0.5, 0.6) is 0 Å². The molecule has 0 fully saturated rings. The number of ether oxygens (including phenoxy) is 1. The van der Waals surface area contributed by atoms with E-state index < -0.39 is 29.6 Å². The normalized spacial score (nSPS) is 11.8. The number of esters is 1. The van der Waals surface area contributed by atoms with Crippen LogP contribution in [0, 0.1) is 11.6 Å². The highest BCUT2D eigenvalue weighted by Gasteiger charge is 2.20. The Morgan fingerprint density at radius 2 is 2.15 bits per heavy atom. The minimum absolute atomic E-state index is 0.0522. The summed E-state index contributed by atoms with van der Waals surface area (Å²) in [4.78, 5) is 27.9. The monoisotopic (exact) mass is 385 g/mol. The van der Waals surface area contributed by atoms with Gasteiger partial charge in [0.15, 0.2) is 11.9 Å². The third-order valence-corrected chi connectivity index (χ3v) is 3.74. The SMILES string of the molecule is CSCc1noc(CCC(=O)O[C@@H](C)C(=O)Nc2ccc(F)cc2F)n1. The number of hydrogen-bond acceptors (Lipinski definition) is 7. The van der Waals surface area contributed by atoms with Crippen molar-refractivity contribution >= 4 is 29.3 Å². The molecule has 2 rings (SSSR count). The molecule has 0 saturated carbocycles. The highest BCUT2D eigenvalue weighted by molar-refractivity contribution is 7.97. The van der Waals surface area contributed by atoms with E-state index in [4.69, 9.17) is 9.26 Å². The minimum Gasteiger partial charge on any atom is -0.453 e. The summed E-state index contributed by atoms with van der Waals surface area (Å²) < 4.78 is 36.3. The first kappa shape index (κ1) is 19.8. The van der Waals surface area contributed by atoms with Crippen LogP contribution < -0.4 is 5.32 Å². The van der Waals surface area contributed by atoms with E-state index in [-0.39, 0.29) is 18.5 Å². The average Bonchev–Trinajstić information content (AvgIpc) is 3.03. The maximum atomic E-state index is 13.5. The fourth-order valence-electron chi connectivity index (χ4n) is 1.92. The highest BCUT2D eigenvalue weighted by Crippen LogP contribution is 2.15. The maximum absolute atomic E-state index is 13.5. The van der Waals surface area contributed by atoms with Crippen LogP contribution in [0.2, 0.25) is 0 Å². The second-order valence-electron chi connectivity index (χ2n) is 5.28. The number of hydrogen-bond donors (Lipinski definition) is 1. The van der Waals surface area contributed by atoms with E-state index in [1.807, 2.05) is 6.26 Å². The zero-order valence-electron chi connectivity index (χ0n) is 14.1. The molecule has 0 aliphatic rings. The molecule has 1 aromatic carbocycles. The topological polar surface area (TPSA) is 94.3 Å². The predicted octanol–water partition coefficient (Wildman–Crippen LogP) is 2.71. The number of halogens is 2. The lowest BCUT2D eigenvalue weighted by Crippen LogP contribution is -2.30. The average molecular weight is 385 g/mol. The molecule has 10 heteroatoms. The lowest BCUT2D eigenvalue weighted by atomic mass is 10.2. The molecule has 1 amide bonds. The summed E-state index contributed by atoms with van der Waals surface area (Å²) in [6, 6.07) is 2.73. The molecule has 140 valence electrons. The van der Waals surface area contributed by atoms with Crippen molar-refractivity contribution in [2.24, 2.45) is 0 Å². The van der Waals surface area contributed by atoms with Crippen LogP contribution in [-0.2, 0) is 26.5 Å². The summed E-state index contributed by atoms with van der Waals surface area (Å²) in [6.45, 7) is 1.35. The van der Waals surface area contributed by atoms with E-state index >= 15 is 0 Å². The Bertz CT molecular complexity index is 785. The molecule has 1 atom stereocenters. The third-order valence-electron chi connectivity index (χ3n) is 3.19. The first-order valence-electron chi connectivity index (χ1n) is 7.65. The van der Waals surface area contributed by atoms with E-state index in [1.54, 1.807) is 0 Å². The number of nitrogens with zero attached hydrogens (tertiary/aromatic N) is 2. The first-order chi connectivity index (χ1) is 12.4. The molecule has 0 unspecified atom stereocenters. The van der Waals surface area contributed by atoms with Crippen LogP contribution in [0.3, 0.4) is 0 Å². The summed E-state index contributed by atoms with van der Waals surface area (Å²) in [6.07, 6.45) is 0.879. The molecule has 1 aromatic heterocycles. The third kappa shape index (κ3) is 5.80. The van der Waals surface area contributed by atoms with Crippen molar-refractivity contribution < 1.29 is 27.6 Å². The molecule has 0 saturated heterocycles. The quantitative estimate of drug-likeness (QED) is 0.698. The van der Waals surface area contributed by atoms with Gasteiger partial charge in [-0.1, -0.05) is 5.16 Å². The lowest BCUT2D eigenvalue weighted by molar-refractivity contribution is -0.153. The van der Waals surface area contributed by atoms with Gasteiger partial charge < -0.3 is 14.6 Å². The summed E-state index contributed by atoms with van der Waals surface area (Å²) in [5, 5.41) is 5.98. The number of nitrogens with one attached hydrogen (secondary N) is 1. The van der Waals surface area contributed by atoms with Crippen LogP contribution in [0.4, 0.5) is 14.5 Å². The molecule has 0 aliphatic carbocycles. The van der Waals surface area contributed by atoms with Gasteiger partial charge in [0.2, 0.25) is 5.89 Å². The van der Waals surface area contributed by atoms with Crippen molar-refractivity contribution in [1.82, 2.24) is 10.1 Å². The summed E-state index contributed by atoms with van der Waals surface area (Å²) in [5.41, 5.74) is -0.202. The van der Waals surface area contributed by atoms with Crippen LogP contribution in [-0.4, -0.2) is 34.4 Å². The van der Waals surface area contributed by atoms with E-state index in [2.05, 4.69) is 15.5 Å². The van der Waals surface area contributed by atoms with Gasteiger partial charge in [0.25, 0.3) is 5.91 Å². The van der Waals surface area contributed by atoms with Crippen molar-refractivity contribution in [2.75, 3.05) is 11.6 Å². The number of aryl methyl sites for hydroxylation is 1. The largest absolute Gasteiger partial charge is 0.453 e. The van der Waals surface area contributed by atoms with Crippen LogP contribution in [0.15, 0.2) is 22.7 Å². The zero-order valence-corrected chi connectivity index (χ0v) is 14.9. The molecule has 7 nitrogen and oxygen atoms in total. The molecule has 1 N–H and O–H groups in total. The first-order valence-corrected chi connectivity index (χ1v) is 9.04. The van der Waals surface area contributed by atoms with Crippen molar-refractivity contribution in [3.63, 3.8) is 0 Å². The maximum Gasteiger partial charge on any atom is 0.307 e. The van der Waals surface area contributed by atoms with Gasteiger partial charge in [-0.15, -0.1) is 0 Å². The molecule has 1 heterocycles. The number of aromatic nitrogens is 2.